The second-order valence-electron chi connectivity index (χ2n) is 6.19. The van der Waals surface area contributed by atoms with Crippen LogP contribution in [0.2, 0.25) is 0 Å². The van der Waals surface area contributed by atoms with Gasteiger partial charge in [0.1, 0.15) is 12.4 Å². The van der Waals surface area contributed by atoms with Crippen LogP contribution in [-0.2, 0) is 13.2 Å². The average Bonchev–Trinajstić information content (AvgIpc) is 3.13. The third-order valence-electron chi connectivity index (χ3n) is 4.55. The molecule has 2 aromatic carbocycles. The van der Waals surface area contributed by atoms with Crippen LogP contribution in [0.25, 0.3) is 0 Å². The Morgan fingerprint density at radius 1 is 1.04 bits per heavy atom. The lowest BCUT2D eigenvalue weighted by molar-refractivity contribution is 0.275. The van der Waals surface area contributed by atoms with Crippen molar-refractivity contribution in [1.29, 1.82) is 0 Å². The van der Waals surface area contributed by atoms with Gasteiger partial charge in [0.25, 0.3) is 0 Å². The highest BCUT2D eigenvalue weighted by molar-refractivity contribution is 5.46. The molecular weight excluding hydrogens is 305 g/mol. The van der Waals surface area contributed by atoms with E-state index in [1.165, 1.54) is 31.7 Å². The Bertz CT molecular complexity index is 668. The van der Waals surface area contributed by atoms with Crippen molar-refractivity contribution in [2.75, 3.05) is 7.11 Å². The summed E-state index contributed by atoms with van der Waals surface area (Å²) >= 11 is 0. The van der Waals surface area contributed by atoms with Crippen molar-refractivity contribution >= 4 is 0 Å². The summed E-state index contributed by atoms with van der Waals surface area (Å²) in [6.07, 6.45) is 5.06. The summed E-state index contributed by atoms with van der Waals surface area (Å²) in [5.74, 6) is 1.11. The van der Waals surface area contributed by atoms with E-state index in [2.05, 4.69) is 5.32 Å². The molecule has 1 aliphatic carbocycles. The van der Waals surface area contributed by atoms with Gasteiger partial charge in [-0.3, -0.25) is 0 Å². The predicted molar refractivity (Wildman–Crippen MR) is 92.8 cm³/mol. The maximum atomic E-state index is 13.8. The zero-order valence-corrected chi connectivity index (χ0v) is 14.1. The Balaban J connectivity index is 1.73. The standard InChI is InChI=1S/C20H24FNO2/c1-23-19-12-6-8-15(13-22-17-9-3-4-10-17)20(19)24-14-16-7-2-5-11-18(16)21/h2,5-8,11-12,17,22H,3-4,9-10,13-14H2,1H3. The second kappa shape index (κ2) is 8.15. The van der Waals surface area contributed by atoms with Crippen molar-refractivity contribution in [3.8, 4) is 11.5 Å². The number of ether oxygens (including phenoxy) is 2. The fourth-order valence-electron chi connectivity index (χ4n) is 3.17. The first-order chi connectivity index (χ1) is 11.8. The number of hydrogen-bond acceptors (Lipinski definition) is 3. The largest absolute Gasteiger partial charge is 0.493 e. The lowest BCUT2D eigenvalue weighted by atomic mass is 10.1. The minimum atomic E-state index is -0.252. The van der Waals surface area contributed by atoms with Crippen LogP contribution < -0.4 is 14.8 Å². The van der Waals surface area contributed by atoms with E-state index < -0.39 is 0 Å². The van der Waals surface area contributed by atoms with Gasteiger partial charge in [-0.2, -0.15) is 0 Å². The van der Waals surface area contributed by atoms with Gasteiger partial charge in [-0.25, -0.2) is 4.39 Å². The first-order valence-corrected chi connectivity index (χ1v) is 8.53. The molecule has 2 aromatic rings. The molecule has 0 aliphatic heterocycles. The molecule has 0 amide bonds. The van der Waals surface area contributed by atoms with Crippen molar-refractivity contribution < 1.29 is 13.9 Å². The van der Waals surface area contributed by atoms with Crippen LogP contribution in [-0.4, -0.2) is 13.2 Å². The van der Waals surface area contributed by atoms with Crippen LogP contribution in [0.3, 0.4) is 0 Å². The molecule has 1 aliphatic rings. The van der Waals surface area contributed by atoms with Crippen molar-refractivity contribution in [3.05, 3.63) is 59.4 Å². The molecule has 128 valence electrons. The van der Waals surface area contributed by atoms with Crippen LogP contribution in [0.4, 0.5) is 4.39 Å². The SMILES string of the molecule is COc1cccc(CNC2CCCC2)c1OCc1ccccc1F. The summed E-state index contributed by atoms with van der Waals surface area (Å²) in [6.45, 7) is 0.915. The number of hydrogen-bond donors (Lipinski definition) is 1. The summed E-state index contributed by atoms with van der Waals surface area (Å²) in [6, 6.07) is 13.1. The molecule has 0 saturated heterocycles. The van der Waals surface area contributed by atoms with Gasteiger partial charge in [-0.15, -0.1) is 0 Å². The third-order valence-corrected chi connectivity index (χ3v) is 4.55. The maximum Gasteiger partial charge on any atom is 0.166 e. The molecule has 1 fully saturated rings. The van der Waals surface area contributed by atoms with Gasteiger partial charge in [0.2, 0.25) is 0 Å². The van der Waals surface area contributed by atoms with Gasteiger partial charge in [0.05, 0.1) is 7.11 Å². The van der Waals surface area contributed by atoms with E-state index in [0.29, 0.717) is 23.1 Å². The van der Waals surface area contributed by atoms with E-state index in [1.807, 2.05) is 24.3 Å². The number of benzene rings is 2. The van der Waals surface area contributed by atoms with Crippen LogP contribution in [0.1, 0.15) is 36.8 Å². The average molecular weight is 329 g/mol. The number of halogens is 1. The van der Waals surface area contributed by atoms with Gasteiger partial charge >= 0.3 is 0 Å². The van der Waals surface area contributed by atoms with Crippen molar-refractivity contribution in [1.82, 2.24) is 5.32 Å². The highest BCUT2D eigenvalue weighted by atomic mass is 19.1. The van der Waals surface area contributed by atoms with E-state index in [9.17, 15) is 4.39 Å². The third kappa shape index (κ3) is 4.06. The normalized spacial score (nSPS) is 14.8. The van der Waals surface area contributed by atoms with Crippen LogP contribution in [0.5, 0.6) is 11.5 Å². The van der Waals surface area contributed by atoms with E-state index in [0.717, 1.165) is 12.1 Å². The predicted octanol–water partition coefficient (Wildman–Crippen LogP) is 4.45. The lowest BCUT2D eigenvalue weighted by Crippen LogP contribution is -2.25. The molecule has 3 nitrogen and oxygen atoms in total. The Hall–Kier alpha value is -2.07. The Morgan fingerprint density at radius 3 is 2.54 bits per heavy atom. The van der Waals surface area contributed by atoms with E-state index in [1.54, 1.807) is 19.2 Å². The molecule has 0 radical (unpaired) electrons. The van der Waals surface area contributed by atoms with Gasteiger partial charge < -0.3 is 14.8 Å². The molecule has 1 saturated carbocycles. The summed E-state index contributed by atoms with van der Waals surface area (Å²) in [7, 11) is 1.62. The van der Waals surface area contributed by atoms with Crippen molar-refractivity contribution in [2.24, 2.45) is 0 Å². The van der Waals surface area contributed by atoms with Gasteiger partial charge in [0.15, 0.2) is 11.5 Å². The molecule has 3 rings (SSSR count). The fourth-order valence-corrected chi connectivity index (χ4v) is 3.17. The molecular formula is C20H24FNO2. The van der Waals surface area contributed by atoms with E-state index in [4.69, 9.17) is 9.47 Å². The molecule has 4 heteroatoms. The quantitative estimate of drug-likeness (QED) is 0.814. The summed E-state index contributed by atoms with van der Waals surface area (Å²) in [4.78, 5) is 0. The van der Waals surface area contributed by atoms with Gasteiger partial charge in [-0.05, 0) is 25.0 Å². The monoisotopic (exact) mass is 329 g/mol. The Morgan fingerprint density at radius 2 is 1.79 bits per heavy atom. The number of para-hydroxylation sites is 1. The number of rotatable bonds is 7. The topological polar surface area (TPSA) is 30.5 Å². The number of nitrogens with one attached hydrogen (secondary N) is 1. The zero-order chi connectivity index (χ0) is 16.8. The highest BCUT2D eigenvalue weighted by Crippen LogP contribution is 2.32. The molecule has 0 unspecified atom stereocenters. The molecule has 1 N–H and O–H groups in total. The van der Waals surface area contributed by atoms with Gasteiger partial charge in [-0.1, -0.05) is 43.2 Å². The first kappa shape index (κ1) is 16.8. The fraction of sp³-hybridized carbons (Fsp3) is 0.400. The summed E-state index contributed by atoms with van der Waals surface area (Å²) in [5, 5.41) is 3.59. The molecule has 0 atom stereocenters. The Kier molecular flexibility index (Phi) is 5.70. The lowest BCUT2D eigenvalue weighted by Gasteiger charge is -2.17. The molecule has 24 heavy (non-hydrogen) atoms. The molecule has 0 bridgehead atoms. The Labute approximate surface area is 142 Å². The summed E-state index contributed by atoms with van der Waals surface area (Å²) < 4.78 is 25.2. The highest BCUT2D eigenvalue weighted by Gasteiger charge is 2.16. The van der Waals surface area contributed by atoms with Crippen molar-refractivity contribution in [3.63, 3.8) is 0 Å². The maximum absolute atomic E-state index is 13.8. The van der Waals surface area contributed by atoms with E-state index in [-0.39, 0.29) is 12.4 Å². The van der Waals surface area contributed by atoms with Crippen LogP contribution >= 0.6 is 0 Å². The van der Waals surface area contributed by atoms with Crippen LogP contribution in [0, 0.1) is 5.82 Å². The minimum Gasteiger partial charge on any atom is -0.493 e. The second-order valence-corrected chi connectivity index (χ2v) is 6.19. The smallest absolute Gasteiger partial charge is 0.166 e. The molecule has 0 aromatic heterocycles. The van der Waals surface area contributed by atoms with Crippen LogP contribution in [0.15, 0.2) is 42.5 Å². The number of methoxy groups -OCH3 is 1. The van der Waals surface area contributed by atoms with Gasteiger partial charge in [0, 0.05) is 23.7 Å². The molecule has 0 spiro atoms. The van der Waals surface area contributed by atoms with E-state index >= 15 is 0 Å². The zero-order valence-electron chi connectivity index (χ0n) is 14.1. The summed E-state index contributed by atoms with van der Waals surface area (Å²) in [5.41, 5.74) is 1.58. The van der Waals surface area contributed by atoms with Crippen molar-refractivity contribution in [2.45, 2.75) is 44.9 Å². The first-order valence-electron chi connectivity index (χ1n) is 8.53. The molecule has 0 heterocycles. The minimum absolute atomic E-state index is 0.184.